The molecule has 24 heavy (non-hydrogen) atoms. The van der Waals surface area contributed by atoms with Gasteiger partial charge in [0.25, 0.3) is 0 Å². The lowest BCUT2D eigenvalue weighted by Crippen LogP contribution is -2.22. The van der Waals surface area contributed by atoms with E-state index in [9.17, 15) is 9.59 Å². The highest BCUT2D eigenvalue weighted by Crippen LogP contribution is 2.25. The summed E-state index contributed by atoms with van der Waals surface area (Å²) in [5, 5.41) is 5.39. The van der Waals surface area contributed by atoms with Gasteiger partial charge >= 0.3 is 0 Å². The Kier molecular flexibility index (Phi) is 6.37. The van der Waals surface area contributed by atoms with E-state index in [0.29, 0.717) is 17.1 Å². The first-order valence-electron chi connectivity index (χ1n) is 7.55. The van der Waals surface area contributed by atoms with Crippen LogP contribution >= 0.6 is 15.9 Å². The number of carbonyl (C=O) groups is 2. The second kappa shape index (κ2) is 8.49. The molecule has 0 aliphatic heterocycles. The second-order valence-electron chi connectivity index (χ2n) is 5.44. The summed E-state index contributed by atoms with van der Waals surface area (Å²) < 4.78 is 6.55. The predicted molar refractivity (Wildman–Crippen MR) is 98.2 cm³/mol. The van der Waals surface area contributed by atoms with Gasteiger partial charge in [-0.1, -0.05) is 28.1 Å². The first kappa shape index (κ1) is 18.0. The average Bonchev–Trinajstić information content (AvgIpc) is 2.51. The van der Waals surface area contributed by atoms with Crippen LogP contribution < -0.4 is 15.4 Å². The van der Waals surface area contributed by atoms with Crippen LogP contribution in [0.25, 0.3) is 0 Å². The van der Waals surface area contributed by atoms with Crippen LogP contribution in [0.1, 0.15) is 20.3 Å². The number of amides is 2. The molecule has 2 aromatic carbocycles. The molecular formula is C18H19BrN2O3. The molecule has 0 saturated carbocycles. The third kappa shape index (κ3) is 5.70. The van der Waals surface area contributed by atoms with Gasteiger partial charge in [0.05, 0.1) is 11.8 Å². The van der Waals surface area contributed by atoms with E-state index in [2.05, 4.69) is 26.6 Å². The van der Waals surface area contributed by atoms with E-state index in [4.69, 9.17) is 4.74 Å². The van der Waals surface area contributed by atoms with E-state index in [1.54, 1.807) is 30.3 Å². The lowest BCUT2D eigenvalue weighted by atomic mass is 10.2. The van der Waals surface area contributed by atoms with Crippen LogP contribution in [-0.4, -0.2) is 17.9 Å². The van der Waals surface area contributed by atoms with Gasteiger partial charge in [-0.25, -0.2) is 0 Å². The number of para-hydroxylation sites is 2. The molecule has 5 nitrogen and oxygen atoms in total. The number of hydrogen-bond acceptors (Lipinski definition) is 3. The summed E-state index contributed by atoms with van der Waals surface area (Å²) in [4.78, 5) is 24.0. The summed E-state index contributed by atoms with van der Waals surface area (Å²) in [6.45, 7) is 3.81. The summed E-state index contributed by atoms with van der Waals surface area (Å²) in [5.41, 5.74) is 1.19. The molecule has 0 atom stereocenters. The molecule has 0 heterocycles. The van der Waals surface area contributed by atoms with Gasteiger partial charge in [-0.2, -0.15) is 0 Å². The number of nitrogens with one attached hydrogen (secondary N) is 2. The van der Waals surface area contributed by atoms with Crippen LogP contribution in [0.3, 0.4) is 0 Å². The minimum Gasteiger partial charge on any atom is -0.489 e. The van der Waals surface area contributed by atoms with Crippen molar-refractivity contribution in [3.8, 4) is 5.75 Å². The predicted octanol–water partition coefficient (Wildman–Crippen LogP) is 4.20. The molecule has 0 aliphatic carbocycles. The maximum absolute atomic E-state index is 12.1. The van der Waals surface area contributed by atoms with Gasteiger partial charge in [0.1, 0.15) is 12.2 Å². The van der Waals surface area contributed by atoms with Crippen molar-refractivity contribution in [2.45, 2.75) is 26.4 Å². The van der Waals surface area contributed by atoms with Gasteiger partial charge in [0.15, 0.2) is 0 Å². The van der Waals surface area contributed by atoms with Gasteiger partial charge < -0.3 is 15.4 Å². The molecule has 0 aliphatic rings. The SMILES string of the molecule is CC(C)Oc1ccccc1NC(=O)CC(=O)Nc1ccc(Br)cc1. The maximum Gasteiger partial charge on any atom is 0.233 e. The zero-order chi connectivity index (χ0) is 17.5. The van der Waals surface area contributed by atoms with Crippen LogP contribution in [0.15, 0.2) is 53.0 Å². The summed E-state index contributed by atoms with van der Waals surface area (Å²) >= 11 is 3.32. The van der Waals surface area contributed by atoms with Crippen molar-refractivity contribution in [3.63, 3.8) is 0 Å². The van der Waals surface area contributed by atoms with Crippen molar-refractivity contribution < 1.29 is 14.3 Å². The Morgan fingerprint density at radius 3 is 2.29 bits per heavy atom. The molecule has 126 valence electrons. The quantitative estimate of drug-likeness (QED) is 0.726. The van der Waals surface area contributed by atoms with E-state index < -0.39 is 5.91 Å². The molecule has 0 aromatic heterocycles. The average molecular weight is 391 g/mol. The Hall–Kier alpha value is -2.34. The van der Waals surface area contributed by atoms with E-state index in [0.717, 1.165) is 4.47 Å². The molecule has 0 fully saturated rings. The highest BCUT2D eigenvalue weighted by atomic mass is 79.9. The molecule has 0 radical (unpaired) electrons. The maximum atomic E-state index is 12.1. The Balaban J connectivity index is 1.93. The van der Waals surface area contributed by atoms with Gasteiger partial charge in [0.2, 0.25) is 11.8 Å². The van der Waals surface area contributed by atoms with Crippen LogP contribution in [0, 0.1) is 0 Å². The van der Waals surface area contributed by atoms with E-state index in [-0.39, 0.29) is 18.4 Å². The Morgan fingerprint density at radius 2 is 1.62 bits per heavy atom. The lowest BCUT2D eigenvalue weighted by Gasteiger charge is -2.14. The van der Waals surface area contributed by atoms with E-state index in [1.165, 1.54) is 0 Å². The monoisotopic (exact) mass is 390 g/mol. The second-order valence-corrected chi connectivity index (χ2v) is 6.36. The number of benzene rings is 2. The fraction of sp³-hybridized carbons (Fsp3) is 0.222. The normalized spacial score (nSPS) is 10.3. The number of carbonyl (C=O) groups excluding carboxylic acids is 2. The molecule has 2 aromatic rings. The molecule has 6 heteroatoms. The molecule has 0 spiro atoms. The highest BCUT2D eigenvalue weighted by molar-refractivity contribution is 9.10. The summed E-state index contributed by atoms with van der Waals surface area (Å²) in [6.07, 6.45) is -0.282. The number of ether oxygens (including phenoxy) is 1. The van der Waals surface area contributed by atoms with Gasteiger partial charge in [-0.3, -0.25) is 9.59 Å². The van der Waals surface area contributed by atoms with Crippen molar-refractivity contribution >= 4 is 39.1 Å². The molecule has 0 bridgehead atoms. The Morgan fingerprint density at radius 1 is 1.00 bits per heavy atom. The van der Waals surface area contributed by atoms with Gasteiger partial charge in [-0.15, -0.1) is 0 Å². The molecule has 2 amide bonds. The zero-order valence-electron chi connectivity index (χ0n) is 13.5. The molecule has 0 unspecified atom stereocenters. The van der Waals surface area contributed by atoms with Gasteiger partial charge in [0, 0.05) is 10.2 Å². The lowest BCUT2D eigenvalue weighted by molar-refractivity contribution is -0.123. The van der Waals surface area contributed by atoms with Gasteiger partial charge in [-0.05, 0) is 50.2 Å². The first-order valence-corrected chi connectivity index (χ1v) is 8.34. The summed E-state index contributed by atoms with van der Waals surface area (Å²) in [6, 6.07) is 14.3. The van der Waals surface area contributed by atoms with E-state index >= 15 is 0 Å². The highest BCUT2D eigenvalue weighted by Gasteiger charge is 2.13. The molecule has 2 rings (SSSR count). The summed E-state index contributed by atoms with van der Waals surface area (Å²) in [5.74, 6) is -0.198. The molecule has 2 N–H and O–H groups in total. The molecular weight excluding hydrogens is 372 g/mol. The fourth-order valence-electron chi connectivity index (χ4n) is 2.01. The van der Waals surface area contributed by atoms with Crippen LogP contribution in [0.2, 0.25) is 0 Å². The summed E-state index contributed by atoms with van der Waals surface area (Å²) in [7, 11) is 0. The fourth-order valence-corrected chi connectivity index (χ4v) is 2.27. The van der Waals surface area contributed by atoms with Crippen LogP contribution in [-0.2, 0) is 9.59 Å². The molecule has 0 saturated heterocycles. The zero-order valence-corrected chi connectivity index (χ0v) is 15.1. The first-order chi connectivity index (χ1) is 11.4. The standard InChI is InChI=1S/C18H19BrN2O3/c1-12(2)24-16-6-4-3-5-15(16)21-18(23)11-17(22)20-14-9-7-13(19)8-10-14/h3-10,12H,11H2,1-2H3,(H,20,22)(H,21,23). The minimum atomic E-state index is -0.399. The van der Waals surface area contributed by atoms with Crippen molar-refractivity contribution in [2.24, 2.45) is 0 Å². The minimum absolute atomic E-state index is 0.0104. The van der Waals surface area contributed by atoms with E-state index in [1.807, 2.05) is 32.0 Å². The Labute approximate surface area is 149 Å². The van der Waals surface area contributed by atoms with Crippen molar-refractivity contribution in [1.29, 1.82) is 0 Å². The smallest absolute Gasteiger partial charge is 0.233 e. The number of rotatable bonds is 6. The topological polar surface area (TPSA) is 67.4 Å². The van der Waals surface area contributed by atoms with Crippen LogP contribution in [0.5, 0.6) is 5.75 Å². The largest absolute Gasteiger partial charge is 0.489 e. The Bertz CT molecular complexity index is 714. The van der Waals surface area contributed by atoms with Crippen molar-refractivity contribution in [1.82, 2.24) is 0 Å². The third-order valence-corrected chi connectivity index (χ3v) is 3.50. The van der Waals surface area contributed by atoms with Crippen molar-refractivity contribution in [3.05, 3.63) is 53.0 Å². The van der Waals surface area contributed by atoms with Crippen molar-refractivity contribution in [2.75, 3.05) is 10.6 Å². The number of hydrogen-bond donors (Lipinski definition) is 2. The van der Waals surface area contributed by atoms with Crippen LogP contribution in [0.4, 0.5) is 11.4 Å². The third-order valence-electron chi connectivity index (χ3n) is 2.97. The number of anilines is 2. The number of halogens is 1.